The molecule has 0 saturated carbocycles. The monoisotopic (exact) mass is 525 g/mol. The molecule has 1 amide bonds. The largest absolute Gasteiger partial charge is 0.455 e. The molecule has 1 aromatic heterocycles. The maximum absolute atomic E-state index is 12.0. The molecule has 2 aromatic rings. The van der Waals surface area contributed by atoms with Crippen LogP contribution in [0.2, 0.25) is 0 Å². The van der Waals surface area contributed by atoms with Gasteiger partial charge in [-0.25, -0.2) is 0 Å². The van der Waals surface area contributed by atoms with E-state index >= 15 is 0 Å². The van der Waals surface area contributed by atoms with E-state index in [1.54, 1.807) is 36.2 Å². The topological polar surface area (TPSA) is 46.6 Å². The summed E-state index contributed by atoms with van der Waals surface area (Å²) >= 11 is 1.76. The van der Waals surface area contributed by atoms with Gasteiger partial charge in [0.1, 0.15) is 11.5 Å². The first-order valence-electron chi connectivity index (χ1n) is 13.5. The maximum atomic E-state index is 12.0. The number of para-hydroxylation sites is 1. The Morgan fingerprint density at radius 2 is 1.76 bits per heavy atom. The second-order valence-electron chi connectivity index (χ2n) is 8.30. The van der Waals surface area contributed by atoms with Crippen molar-refractivity contribution in [1.82, 2.24) is 4.90 Å². The quantitative estimate of drug-likeness (QED) is 0.345. The number of hydrogen-bond acceptors (Lipinski definition) is 4. The molecule has 1 aromatic carbocycles. The first kappa shape index (κ1) is 34.1. The Balaban J connectivity index is 0.000000679. The Labute approximate surface area is 229 Å². The zero-order chi connectivity index (χ0) is 28.1. The van der Waals surface area contributed by atoms with E-state index in [0.717, 1.165) is 43.4 Å². The number of rotatable bonds is 8. The van der Waals surface area contributed by atoms with Gasteiger partial charge in [0, 0.05) is 23.8 Å². The smallest absolute Gasteiger partial charge is 0.224 e. The molecule has 1 aliphatic heterocycles. The minimum atomic E-state index is -0.0217. The number of benzene rings is 1. The average Bonchev–Trinajstić information content (AvgIpc) is 3.34. The number of ether oxygens (including phenoxy) is 1. The molecule has 204 valence electrons. The number of Topliss-reactive ketones (excluding diaryl/α,β-unsaturated/α-hetero) is 1. The van der Waals surface area contributed by atoms with Crippen molar-refractivity contribution >= 4 is 23.0 Å². The number of thiophene rings is 1. The van der Waals surface area contributed by atoms with Crippen molar-refractivity contribution in [3.05, 3.63) is 88.5 Å². The summed E-state index contributed by atoms with van der Waals surface area (Å²) in [6.07, 6.45) is 11.7. The highest BCUT2D eigenvalue weighted by Gasteiger charge is 2.22. The summed E-state index contributed by atoms with van der Waals surface area (Å²) in [5.74, 6) is 1.73. The van der Waals surface area contributed by atoms with Gasteiger partial charge in [0.25, 0.3) is 0 Å². The zero-order valence-electron chi connectivity index (χ0n) is 24.0. The lowest BCUT2D eigenvalue weighted by atomic mass is 10.2. The number of fused-ring (bicyclic) bond motifs is 1. The SMILES string of the molecule is C=CC1=C(C=CCCC)Oc2ccccc2CN1C(C)=O.CC.CC(=O)CCCc1cccs1.CCC. The van der Waals surface area contributed by atoms with Gasteiger partial charge >= 0.3 is 0 Å². The minimum Gasteiger partial charge on any atom is -0.455 e. The van der Waals surface area contributed by atoms with Gasteiger partial charge in [-0.1, -0.05) is 84.4 Å². The van der Waals surface area contributed by atoms with Gasteiger partial charge in [0.05, 0.1) is 12.2 Å². The molecule has 0 atom stereocenters. The Bertz CT molecular complexity index is 974. The molecule has 4 nitrogen and oxygen atoms in total. The van der Waals surface area contributed by atoms with E-state index < -0.39 is 0 Å². The predicted octanol–water partition coefficient (Wildman–Crippen LogP) is 9.28. The molecule has 0 saturated heterocycles. The number of carbonyl (C=O) groups is 2. The van der Waals surface area contributed by atoms with Crippen LogP contribution >= 0.6 is 11.3 Å². The molecule has 5 heteroatoms. The molecule has 37 heavy (non-hydrogen) atoms. The van der Waals surface area contributed by atoms with E-state index in [4.69, 9.17) is 4.74 Å². The standard InChI is InChI=1S/C18H21NO2.C9H12OS.C3H8.C2H6/c1-4-6-7-12-18-16(5-2)19(14(3)20)13-15-10-8-9-11-17(15)21-18;1-8(10)4-2-5-9-6-3-7-11-9;1-3-2;1-2/h5,7-12H,2,4,6,13H2,1,3H3;3,6-7H,2,4-5H2,1H3;3H2,1-2H3;1-2H3. The molecule has 0 fully saturated rings. The summed E-state index contributed by atoms with van der Waals surface area (Å²) in [6.45, 7) is 17.9. The van der Waals surface area contributed by atoms with Crippen LogP contribution in [0.25, 0.3) is 0 Å². The van der Waals surface area contributed by atoms with Crippen LogP contribution in [0, 0.1) is 0 Å². The van der Waals surface area contributed by atoms with E-state index in [0.29, 0.717) is 23.8 Å². The van der Waals surface area contributed by atoms with Crippen molar-refractivity contribution < 1.29 is 14.3 Å². The number of carbonyl (C=O) groups excluding carboxylic acids is 2. The lowest BCUT2D eigenvalue weighted by molar-refractivity contribution is -0.127. The number of ketones is 1. The second kappa shape index (κ2) is 21.2. The van der Waals surface area contributed by atoms with Crippen LogP contribution in [0.3, 0.4) is 0 Å². The number of aryl methyl sites for hydroxylation is 1. The number of hydrogen-bond donors (Lipinski definition) is 0. The highest BCUT2D eigenvalue weighted by molar-refractivity contribution is 7.09. The van der Waals surface area contributed by atoms with E-state index in [1.165, 1.54) is 11.3 Å². The van der Waals surface area contributed by atoms with Crippen molar-refractivity contribution in [3.63, 3.8) is 0 Å². The third kappa shape index (κ3) is 13.8. The van der Waals surface area contributed by atoms with Crippen molar-refractivity contribution in [2.45, 2.75) is 93.5 Å². The first-order chi connectivity index (χ1) is 17.9. The molecule has 0 bridgehead atoms. The van der Waals surface area contributed by atoms with Gasteiger partial charge in [0.2, 0.25) is 5.91 Å². The van der Waals surface area contributed by atoms with Crippen LogP contribution in [0.1, 0.15) is 91.0 Å². The van der Waals surface area contributed by atoms with Crippen molar-refractivity contribution in [2.75, 3.05) is 0 Å². The van der Waals surface area contributed by atoms with Gasteiger partial charge in [-0.05, 0) is 55.9 Å². The van der Waals surface area contributed by atoms with Gasteiger partial charge in [-0.15, -0.1) is 11.3 Å². The van der Waals surface area contributed by atoms with Crippen LogP contribution in [0.15, 0.2) is 78.0 Å². The van der Waals surface area contributed by atoms with E-state index in [-0.39, 0.29) is 5.91 Å². The fourth-order valence-electron chi connectivity index (χ4n) is 3.23. The zero-order valence-corrected chi connectivity index (χ0v) is 24.8. The fourth-order valence-corrected chi connectivity index (χ4v) is 3.98. The normalized spacial score (nSPS) is 11.9. The summed E-state index contributed by atoms with van der Waals surface area (Å²) in [5.41, 5.74) is 1.71. The Hall–Kier alpha value is -2.92. The van der Waals surface area contributed by atoms with Gasteiger partial charge < -0.3 is 14.4 Å². The highest BCUT2D eigenvalue weighted by atomic mass is 32.1. The molecule has 2 heterocycles. The predicted molar refractivity (Wildman–Crippen MR) is 160 cm³/mol. The lowest BCUT2D eigenvalue weighted by Gasteiger charge is -2.20. The van der Waals surface area contributed by atoms with Crippen LogP contribution in [-0.4, -0.2) is 16.6 Å². The van der Waals surface area contributed by atoms with Crippen molar-refractivity contribution in [1.29, 1.82) is 0 Å². The van der Waals surface area contributed by atoms with Gasteiger partial charge in [-0.2, -0.15) is 0 Å². The molecule has 0 aliphatic carbocycles. The summed E-state index contributed by atoms with van der Waals surface area (Å²) in [6, 6.07) is 12.0. The van der Waals surface area contributed by atoms with Gasteiger partial charge in [-0.3, -0.25) is 4.79 Å². The summed E-state index contributed by atoms with van der Waals surface area (Å²) in [4.78, 5) is 25.6. The maximum Gasteiger partial charge on any atom is 0.224 e. The molecule has 1 aliphatic rings. The molecule has 3 rings (SSSR count). The Morgan fingerprint density at radius 3 is 2.30 bits per heavy atom. The van der Waals surface area contributed by atoms with Crippen molar-refractivity contribution in [2.24, 2.45) is 0 Å². The number of amides is 1. The van der Waals surface area contributed by atoms with Crippen LogP contribution < -0.4 is 4.74 Å². The average molecular weight is 526 g/mol. The van der Waals surface area contributed by atoms with Crippen LogP contribution in [-0.2, 0) is 22.6 Å². The van der Waals surface area contributed by atoms with E-state index in [1.807, 2.05) is 50.3 Å². The van der Waals surface area contributed by atoms with Crippen LogP contribution in [0.4, 0.5) is 0 Å². The van der Waals surface area contributed by atoms with E-state index in [2.05, 4.69) is 44.9 Å². The first-order valence-corrected chi connectivity index (χ1v) is 14.3. The number of allylic oxidation sites excluding steroid dienone is 3. The molecule has 0 unspecified atom stereocenters. The highest BCUT2D eigenvalue weighted by Crippen LogP contribution is 2.30. The minimum absolute atomic E-state index is 0.0217. The number of nitrogens with zero attached hydrogens (tertiary/aromatic N) is 1. The van der Waals surface area contributed by atoms with Crippen LogP contribution in [0.5, 0.6) is 5.75 Å². The third-order valence-corrected chi connectivity index (χ3v) is 5.83. The third-order valence-electron chi connectivity index (χ3n) is 4.89. The lowest BCUT2D eigenvalue weighted by Crippen LogP contribution is -2.26. The molecule has 0 N–H and O–H groups in total. The van der Waals surface area contributed by atoms with Gasteiger partial charge in [0.15, 0.2) is 5.76 Å². The Kier molecular flexibility index (Phi) is 19.5. The summed E-state index contributed by atoms with van der Waals surface area (Å²) in [5, 5.41) is 2.07. The summed E-state index contributed by atoms with van der Waals surface area (Å²) < 4.78 is 6.02. The molecule has 0 radical (unpaired) electrons. The Morgan fingerprint density at radius 1 is 1.08 bits per heavy atom. The fraction of sp³-hybridized carbons (Fsp3) is 0.438. The number of unbranched alkanes of at least 4 members (excludes halogenated alkanes) is 1. The molecule has 0 spiro atoms. The molecular weight excluding hydrogens is 478 g/mol. The second-order valence-corrected chi connectivity index (χ2v) is 9.33. The molecular formula is C32H47NO3S. The van der Waals surface area contributed by atoms with E-state index in [9.17, 15) is 9.59 Å². The summed E-state index contributed by atoms with van der Waals surface area (Å²) in [7, 11) is 0. The van der Waals surface area contributed by atoms with Crippen molar-refractivity contribution in [3.8, 4) is 5.75 Å².